The van der Waals surface area contributed by atoms with Crippen LogP contribution in [0.3, 0.4) is 0 Å². The molecule has 4 aromatic carbocycles. The number of hydrogen-bond donors (Lipinski definition) is 1. The van der Waals surface area contributed by atoms with Crippen LogP contribution in [-0.2, 0) is 5.54 Å². The van der Waals surface area contributed by atoms with Crippen molar-refractivity contribution in [2.75, 3.05) is 7.11 Å². The predicted molar refractivity (Wildman–Crippen MR) is 128 cm³/mol. The summed E-state index contributed by atoms with van der Waals surface area (Å²) in [5.41, 5.74) is 4.23. The highest BCUT2D eigenvalue weighted by atomic mass is 16.5. The molecule has 156 valence electrons. The molecule has 0 fully saturated rings. The lowest BCUT2D eigenvalue weighted by Crippen LogP contribution is -2.41. The molecule has 1 amide bonds. The van der Waals surface area contributed by atoms with Gasteiger partial charge in [0.25, 0.3) is 5.91 Å². The fourth-order valence-corrected chi connectivity index (χ4v) is 4.07. The molecule has 0 aliphatic carbocycles. The lowest BCUT2D eigenvalue weighted by atomic mass is 9.89. The first-order chi connectivity index (χ1) is 14.9. The van der Waals surface area contributed by atoms with Gasteiger partial charge in [-0.2, -0.15) is 0 Å². The molecular formula is C28H27NO2. The molecule has 0 bridgehead atoms. The van der Waals surface area contributed by atoms with Gasteiger partial charge in [-0.3, -0.25) is 4.79 Å². The molecule has 0 radical (unpaired) electrons. The molecule has 0 spiro atoms. The third kappa shape index (κ3) is 4.04. The van der Waals surface area contributed by atoms with Crippen LogP contribution >= 0.6 is 0 Å². The number of methoxy groups -OCH3 is 1. The first kappa shape index (κ1) is 20.7. The summed E-state index contributed by atoms with van der Waals surface area (Å²) >= 11 is 0. The Morgan fingerprint density at radius 1 is 0.871 bits per heavy atom. The summed E-state index contributed by atoms with van der Waals surface area (Å²) < 4.78 is 5.45. The van der Waals surface area contributed by atoms with Gasteiger partial charge in [0.15, 0.2) is 0 Å². The van der Waals surface area contributed by atoms with Gasteiger partial charge in [0.05, 0.1) is 18.2 Å². The molecule has 0 atom stereocenters. The third-order valence-corrected chi connectivity index (χ3v) is 5.80. The van der Waals surface area contributed by atoms with E-state index in [0.29, 0.717) is 11.3 Å². The summed E-state index contributed by atoms with van der Waals surface area (Å²) in [7, 11) is 1.62. The second-order valence-electron chi connectivity index (χ2n) is 8.34. The van der Waals surface area contributed by atoms with E-state index in [0.717, 1.165) is 33.0 Å². The van der Waals surface area contributed by atoms with Crippen LogP contribution in [0.15, 0.2) is 84.9 Å². The second kappa shape index (κ2) is 8.27. The summed E-state index contributed by atoms with van der Waals surface area (Å²) in [6, 6.07) is 28.2. The van der Waals surface area contributed by atoms with Crippen molar-refractivity contribution in [3.05, 3.63) is 102 Å². The number of benzene rings is 4. The molecule has 0 saturated carbocycles. The molecule has 1 N–H and O–H groups in total. The normalized spacial score (nSPS) is 11.4. The molecular weight excluding hydrogens is 382 g/mol. The number of hydrogen-bond acceptors (Lipinski definition) is 2. The number of amides is 1. The Balaban J connectivity index is 1.84. The Morgan fingerprint density at radius 2 is 1.58 bits per heavy atom. The number of carbonyl (C=O) groups excluding carboxylic acids is 1. The summed E-state index contributed by atoms with van der Waals surface area (Å²) in [5, 5.41) is 5.50. The smallest absolute Gasteiger partial charge is 0.252 e. The lowest BCUT2D eigenvalue weighted by Gasteiger charge is -2.28. The quantitative estimate of drug-likeness (QED) is 0.409. The lowest BCUT2D eigenvalue weighted by molar-refractivity contribution is 0.0912. The van der Waals surface area contributed by atoms with E-state index in [1.54, 1.807) is 7.11 Å². The summed E-state index contributed by atoms with van der Waals surface area (Å²) in [6.07, 6.45) is 0. The monoisotopic (exact) mass is 409 g/mol. The molecule has 0 unspecified atom stereocenters. The number of fused-ring (bicyclic) bond motifs is 1. The molecule has 0 saturated heterocycles. The highest BCUT2D eigenvalue weighted by Gasteiger charge is 2.25. The second-order valence-corrected chi connectivity index (χ2v) is 8.34. The molecule has 0 aromatic heterocycles. The molecule has 0 aliphatic rings. The largest absolute Gasteiger partial charge is 0.497 e. The van der Waals surface area contributed by atoms with Gasteiger partial charge in [-0.15, -0.1) is 0 Å². The van der Waals surface area contributed by atoms with E-state index in [-0.39, 0.29) is 5.91 Å². The zero-order valence-corrected chi connectivity index (χ0v) is 18.4. The zero-order chi connectivity index (χ0) is 22.0. The Hall–Kier alpha value is -3.59. The molecule has 31 heavy (non-hydrogen) atoms. The van der Waals surface area contributed by atoms with Gasteiger partial charge < -0.3 is 10.1 Å². The Bertz CT molecular complexity index is 1240. The summed E-state index contributed by atoms with van der Waals surface area (Å²) in [5.74, 6) is 0.527. The SMILES string of the molecule is COc1ccc(-c2c(C)ccc3ccccc23)c(C(=O)NC(C)(C)c2ccccc2)c1. The van der Waals surface area contributed by atoms with E-state index < -0.39 is 5.54 Å². The average Bonchev–Trinajstić information content (AvgIpc) is 2.79. The van der Waals surface area contributed by atoms with Gasteiger partial charge in [0.2, 0.25) is 0 Å². The van der Waals surface area contributed by atoms with Crippen LogP contribution in [0, 0.1) is 6.92 Å². The van der Waals surface area contributed by atoms with Gasteiger partial charge in [0.1, 0.15) is 5.75 Å². The van der Waals surface area contributed by atoms with E-state index in [1.807, 2.05) is 74.5 Å². The predicted octanol–water partition coefficient (Wildman–Crippen LogP) is 6.49. The highest BCUT2D eigenvalue weighted by molar-refractivity contribution is 6.07. The van der Waals surface area contributed by atoms with Crippen LogP contribution in [0.1, 0.15) is 35.3 Å². The van der Waals surface area contributed by atoms with E-state index in [2.05, 4.69) is 36.5 Å². The van der Waals surface area contributed by atoms with E-state index in [9.17, 15) is 4.79 Å². The highest BCUT2D eigenvalue weighted by Crippen LogP contribution is 2.36. The van der Waals surface area contributed by atoms with Crippen molar-refractivity contribution >= 4 is 16.7 Å². The minimum absolute atomic E-state index is 0.130. The van der Waals surface area contributed by atoms with Crippen LogP contribution in [0.25, 0.3) is 21.9 Å². The van der Waals surface area contributed by atoms with Crippen LogP contribution in [0.2, 0.25) is 0 Å². The van der Waals surface area contributed by atoms with Gasteiger partial charge in [-0.25, -0.2) is 0 Å². The molecule has 4 rings (SSSR count). The van der Waals surface area contributed by atoms with Gasteiger partial charge in [-0.05, 0) is 72.0 Å². The number of nitrogens with one attached hydrogen (secondary N) is 1. The maximum Gasteiger partial charge on any atom is 0.252 e. The van der Waals surface area contributed by atoms with Crippen LogP contribution in [-0.4, -0.2) is 13.0 Å². The van der Waals surface area contributed by atoms with Crippen molar-refractivity contribution < 1.29 is 9.53 Å². The summed E-state index contributed by atoms with van der Waals surface area (Å²) in [6.45, 7) is 6.12. The van der Waals surface area contributed by atoms with E-state index >= 15 is 0 Å². The Labute approximate surface area is 183 Å². The molecule has 0 heterocycles. The van der Waals surface area contributed by atoms with E-state index in [1.165, 1.54) is 0 Å². The van der Waals surface area contributed by atoms with Crippen LogP contribution in [0.5, 0.6) is 5.75 Å². The zero-order valence-electron chi connectivity index (χ0n) is 18.4. The Kier molecular flexibility index (Phi) is 5.51. The summed E-state index contributed by atoms with van der Waals surface area (Å²) in [4.78, 5) is 13.6. The average molecular weight is 410 g/mol. The third-order valence-electron chi connectivity index (χ3n) is 5.80. The maximum absolute atomic E-state index is 13.6. The Morgan fingerprint density at radius 3 is 2.32 bits per heavy atom. The van der Waals surface area contributed by atoms with Crippen LogP contribution < -0.4 is 10.1 Å². The minimum atomic E-state index is -0.521. The standard InChI is InChI=1S/C28H27NO2/c1-19-14-15-20-10-8-9-13-23(20)26(19)24-17-16-22(31-4)18-25(24)27(30)29-28(2,3)21-11-6-5-7-12-21/h5-18H,1-4H3,(H,29,30). The van der Waals surface area contributed by atoms with Crippen molar-refractivity contribution in [2.24, 2.45) is 0 Å². The molecule has 0 aliphatic heterocycles. The number of rotatable bonds is 5. The van der Waals surface area contributed by atoms with E-state index in [4.69, 9.17) is 4.74 Å². The van der Waals surface area contributed by atoms with Crippen molar-refractivity contribution in [1.82, 2.24) is 5.32 Å². The molecule has 4 aromatic rings. The fourth-order valence-electron chi connectivity index (χ4n) is 4.07. The van der Waals surface area contributed by atoms with Gasteiger partial charge >= 0.3 is 0 Å². The van der Waals surface area contributed by atoms with Gasteiger partial charge in [0, 0.05) is 0 Å². The fraction of sp³-hybridized carbons (Fsp3) is 0.179. The number of carbonyl (C=O) groups is 1. The molecule has 3 nitrogen and oxygen atoms in total. The van der Waals surface area contributed by atoms with Crippen LogP contribution in [0.4, 0.5) is 0 Å². The molecule has 3 heteroatoms. The number of aryl methyl sites for hydroxylation is 1. The van der Waals surface area contributed by atoms with Crippen molar-refractivity contribution in [2.45, 2.75) is 26.3 Å². The first-order valence-corrected chi connectivity index (χ1v) is 10.5. The van der Waals surface area contributed by atoms with Crippen molar-refractivity contribution in [3.8, 4) is 16.9 Å². The first-order valence-electron chi connectivity index (χ1n) is 10.5. The van der Waals surface area contributed by atoms with Crippen molar-refractivity contribution in [3.63, 3.8) is 0 Å². The van der Waals surface area contributed by atoms with Gasteiger partial charge in [-0.1, -0.05) is 66.7 Å². The van der Waals surface area contributed by atoms with Crippen molar-refractivity contribution in [1.29, 1.82) is 0 Å². The number of ether oxygens (including phenoxy) is 1. The maximum atomic E-state index is 13.6. The topological polar surface area (TPSA) is 38.3 Å². The minimum Gasteiger partial charge on any atom is -0.497 e.